The van der Waals surface area contributed by atoms with Gasteiger partial charge in [-0.2, -0.15) is 0 Å². The number of benzene rings is 2. The number of nitrogens with zero attached hydrogens (tertiary/aromatic N) is 3. The molecule has 3 heterocycles. The number of sulfonamides is 1. The van der Waals surface area contributed by atoms with Gasteiger partial charge in [0.25, 0.3) is 10.0 Å². The number of nitrogens with one attached hydrogen (secondary N) is 2. The van der Waals surface area contributed by atoms with Crippen LogP contribution in [0.1, 0.15) is 18.9 Å². The molecule has 35 heavy (non-hydrogen) atoms. The van der Waals surface area contributed by atoms with Gasteiger partial charge >= 0.3 is 0 Å². The third-order valence-corrected chi connectivity index (χ3v) is 8.41. The second-order valence-corrected chi connectivity index (χ2v) is 10.7. The van der Waals surface area contributed by atoms with E-state index in [4.69, 9.17) is 28.9 Å². The number of aromatic nitrogens is 3. The Hall–Kier alpha value is -2.92. The van der Waals surface area contributed by atoms with Crippen molar-refractivity contribution in [2.75, 3.05) is 23.5 Å². The van der Waals surface area contributed by atoms with Crippen molar-refractivity contribution in [1.82, 2.24) is 19.9 Å². The Labute approximate surface area is 211 Å². The SMILES string of the molecule is Nc1ncnc2c1c(-c1ccc(NS(=O)(=O)c3cccc(Cl)c3Cl)c(F)c1)cn2C1CCNCC1. The summed E-state index contributed by atoms with van der Waals surface area (Å²) in [5.74, 6) is -0.471. The summed E-state index contributed by atoms with van der Waals surface area (Å²) in [6, 6.07) is 8.66. The number of fused-ring (bicyclic) bond motifs is 1. The Morgan fingerprint density at radius 1 is 1.14 bits per heavy atom. The second kappa shape index (κ2) is 9.27. The first-order valence-electron chi connectivity index (χ1n) is 10.8. The molecular weight excluding hydrogens is 514 g/mol. The topological polar surface area (TPSA) is 115 Å². The Morgan fingerprint density at radius 3 is 2.66 bits per heavy atom. The molecule has 12 heteroatoms. The minimum Gasteiger partial charge on any atom is -0.383 e. The fourth-order valence-corrected chi connectivity index (χ4v) is 6.18. The molecule has 8 nitrogen and oxygen atoms in total. The van der Waals surface area contributed by atoms with Gasteiger partial charge < -0.3 is 15.6 Å². The molecule has 2 aromatic heterocycles. The quantitative estimate of drug-likeness (QED) is 0.337. The smallest absolute Gasteiger partial charge is 0.263 e. The third kappa shape index (κ3) is 4.42. The first kappa shape index (κ1) is 23.8. The lowest BCUT2D eigenvalue weighted by atomic mass is 10.1. The first-order chi connectivity index (χ1) is 16.8. The highest BCUT2D eigenvalue weighted by Gasteiger charge is 2.24. The summed E-state index contributed by atoms with van der Waals surface area (Å²) in [6.07, 6.45) is 5.18. The summed E-state index contributed by atoms with van der Waals surface area (Å²) in [4.78, 5) is 8.32. The van der Waals surface area contributed by atoms with Crippen LogP contribution in [0.25, 0.3) is 22.2 Å². The van der Waals surface area contributed by atoms with Crippen molar-refractivity contribution in [2.24, 2.45) is 0 Å². The van der Waals surface area contributed by atoms with Gasteiger partial charge in [0.2, 0.25) is 0 Å². The van der Waals surface area contributed by atoms with Gasteiger partial charge in [-0.3, -0.25) is 4.72 Å². The van der Waals surface area contributed by atoms with Crippen LogP contribution < -0.4 is 15.8 Å². The molecule has 5 rings (SSSR count). The molecule has 0 bridgehead atoms. The van der Waals surface area contributed by atoms with Crippen LogP contribution in [0.2, 0.25) is 10.0 Å². The first-order valence-corrected chi connectivity index (χ1v) is 13.1. The summed E-state index contributed by atoms with van der Waals surface area (Å²) in [5.41, 5.74) is 7.84. The van der Waals surface area contributed by atoms with E-state index in [9.17, 15) is 8.42 Å². The summed E-state index contributed by atoms with van der Waals surface area (Å²) in [7, 11) is -4.17. The molecule has 2 aromatic carbocycles. The summed E-state index contributed by atoms with van der Waals surface area (Å²) in [5, 5.41) is 3.91. The van der Waals surface area contributed by atoms with Crippen LogP contribution in [0.15, 0.2) is 53.8 Å². The van der Waals surface area contributed by atoms with Crippen molar-refractivity contribution in [2.45, 2.75) is 23.8 Å². The predicted octanol–water partition coefficient (Wildman–Crippen LogP) is 4.85. The number of halogens is 3. The van der Waals surface area contributed by atoms with E-state index in [1.54, 1.807) is 6.07 Å². The second-order valence-electron chi connectivity index (χ2n) is 8.24. The fourth-order valence-electron chi connectivity index (χ4n) is 4.35. The Kier molecular flexibility index (Phi) is 6.30. The average molecular weight is 535 g/mol. The van der Waals surface area contributed by atoms with Crippen molar-refractivity contribution < 1.29 is 12.8 Å². The average Bonchev–Trinajstić information content (AvgIpc) is 3.23. The number of rotatable bonds is 5. The monoisotopic (exact) mass is 534 g/mol. The minimum atomic E-state index is -4.17. The largest absolute Gasteiger partial charge is 0.383 e. The normalized spacial score (nSPS) is 14.9. The van der Waals surface area contributed by atoms with Gasteiger partial charge in [0.15, 0.2) is 0 Å². The molecule has 1 aliphatic heterocycles. The summed E-state index contributed by atoms with van der Waals surface area (Å²) >= 11 is 12.0. The van der Waals surface area contributed by atoms with Crippen LogP contribution in [0.3, 0.4) is 0 Å². The van der Waals surface area contributed by atoms with Gasteiger partial charge in [-0.05, 0) is 55.8 Å². The lowest BCUT2D eigenvalue weighted by Crippen LogP contribution is -2.29. The van der Waals surface area contributed by atoms with E-state index >= 15 is 4.39 Å². The number of nitrogen functional groups attached to an aromatic ring is 1. The van der Waals surface area contributed by atoms with E-state index in [0.29, 0.717) is 28.0 Å². The molecule has 0 saturated carbocycles. The van der Waals surface area contributed by atoms with Gasteiger partial charge in [0, 0.05) is 17.8 Å². The molecule has 182 valence electrons. The van der Waals surface area contributed by atoms with E-state index in [1.165, 1.54) is 36.7 Å². The fraction of sp³-hybridized carbons (Fsp3) is 0.217. The molecule has 1 aliphatic rings. The van der Waals surface area contributed by atoms with Crippen LogP contribution >= 0.6 is 23.2 Å². The predicted molar refractivity (Wildman–Crippen MR) is 136 cm³/mol. The molecule has 0 radical (unpaired) electrons. The van der Waals surface area contributed by atoms with Crippen LogP contribution in [0.4, 0.5) is 15.9 Å². The Balaban J connectivity index is 1.53. The number of hydrogen-bond acceptors (Lipinski definition) is 6. The standard InChI is InChI=1S/C23H21Cl2FN6O2S/c24-16-2-1-3-19(21(16)25)35(33,34)31-18-5-4-13(10-17(18)26)15-11-32(14-6-8-28-9-7-14)23-20(15)22(27)29-12-30-23/h1-5,10-12,14,28,31H,6-9H2,(H2,27,29,30). The molecular formula is C23H21Cl2FN6O2S. The van der Waals surface area contributed by atoms with Crippen molar-refractivity contribution >= 4 is 55.8 Å². The van der Waals surface area contributed by atoms with Crippen LogP contribution in [-0.4, -0.2) is 36.0 Å². The van der Waals surface area contributed by atoms with Gasteiger partial charge in [0.1, 0.15) is 28.5 Å². The van der Waals surface area contributed by atoms with Crippen LogP contribution in [0.5, 0.6) is 0 Å². The zero-order valence-corrected chi connectivity index (χ0v) is 20.6. The summed E-state index contributed by atoms with van der Waals surface area (Å²) < 4.78 is 45.1. The van der Waals surface area contributed by atoms with E-state index in [1.807, 2.05) is 6.20 Å². The Morgan fingerprint density at radius 2 is 1.91 bits per heavy atom. The maximum absolute atomic E-state index is 15.2. The maximum atomic E-state index is 15.2. The van der Waals surface area contributed by atoms with Crippen molar-refractivity contribution in [3.05, 3.63) is 64.8 Å². The van der Waals surface area contributed by atoms with Gasteiger partial charge in [-0.15, -0.1) is 0 Å². The van der Waals surface area contributed by atoms with Crippen LogP contribution in [0, 0.1) is 5.82 Å². The number of nitrogens with two attached hydrogens (primary N) is 1. The molecule has 1 fully saturated rings. The molecule has 0 amide bonds. The molecule has 4 N–H and O–H groups in total. The van der Waals surface area contributed by atoms with E-state index in [2.05, 4.69) is 24.6 Å². The number of hydrogen-bond donors (Lipinski definition) is 3. The molecule has 0 unspecified atom stereocenters. The van der Waals surface area contributed by atoms with Crippen molar-refractivity contribution in [1.29, 1.82) is 0 Å². The minimum absolute atomic E-state index is 0.0790. The van der Waals surface area contributed by atoms with E-state index in [-0.39, 0.29) is 26.7 Å². The van der Waals surface area contributed by atoms with Gasteiger partial charge in [-0.25, -0.2) is 22.8 Å². The molecule has 0 spiro atoms. The zero-order chi connectivity index (χ0) is 24.7. The lowest BCUT2D eigenvalue weighted by molar-refractivity contribution is 0.375. The Bertz CT molecular complexity index is 1540. The highest BCUT2D eigenvalue weighted by molar-refractivity contribution is 7.92. The highest BCUT2D eigenvalue weighted by atomic mass is 35.5. The third-order valence-electron chi connectivity index (χ3n) is 6.07. The molecule has 1 saturated heterocycles. The van der Waals surface area contributed by atoms with Gasteiger partial charge in [-0.1, -0.05) is 35.3 Å². The van der Waals surface area contributed by atoms with E-state index in [0.717, 1.165) is 25.9 Å². The van der Waals surface area contributed by atoms with E-state index < -0.39 is 15.8 Å². The molecule has 0 atom stereocenters. The van der Waals surface area contributed by atoms with Crippen LogP contribution in [-0.2, 0) is 10.0 Å². The summed E-state index contributed by atoms with van der Waals surface area (Å²) in [6.45, 7) is 1.78. The van der Waals surface area contributed by atoms with Crippen molar-refractivity contribution in [3.8, 4) is 11.1 Å². The maximum Gasteiger partial charge on any atom is 0.263 e. The highest BCUT2D eigenvalue weighted by Crippen LogP contribution is 2.37. The molecule has 0 aliphatic carbocycles. The zero-order valence-electron chi connectivity index (χ0n) is 18.3. The molecule has 4 aromatic rings. The van der Waals surface area contributed by atoms with Gasteiger partial charge in [0.05, 0.1) is 21.1 Å². The lowest BCUT2D eigenvalue weighted by Gasteiger charge is -2.24. The number of piperidine rings is 1. The van der Waals surface area contributed by atoms with Crippen molar-refractivity contribution in [3.63, 3.8) is 0 Å². The number of anilines is 2.